The normalized spacial score (nSPS) is 11.0. The summed E-state index contributed by atoms with van der Waals surface area (Å²) in [5.41, 5.74) is 6.17. The third-order valence-electron chi connectivity index (χ3n) is 1.32. The zero-order chi connectivity index (χ0) is 7.82. The number of hydrogen-bond acceptors (Lipinski definition) is 2. The van der Waals surface area contributed by atoms with Crippen LogP contribution in [-0.2, 0) is 0 Å². The molecule has 0 aromatic carbocycles. The van der Waals surface area contributed by atoms with E-state index in [1.165, 1.54) is 18.9 Å². The first-order valence-electron chi connectivity index (χ1n) is 3.65. The van der Waals surface area contributed by atoms with Gasteiger partial charge in [-0.15, -0.1) is 0 Å². The molecule has 0 aromatic heterocycles. The van der Waals surface area contributed by atoms with E-state index in [0.717, 1.165) is 12.8 Å². The van der Waals surface area contributed by atoms with Crippen LogP contribution in [0.4, 0.5) is 0 Å². The average Bonchev–Trinajstić information content (AvgIpc) is 1.89. The molecule has 10 heavy (non-hydrogen) atoms. The fraction of sp³-hybridized carbons (Fsp3) is 0.625. The molecular weight excluding hydrogens is 124 g/mol. The second-order valence-corrected chi connectivity index (χ2v) is 2.31. The summed E-state index contributed by atoms with van der Waals surface area (Å²) in [5.74, 6) is 0. The largest absolute Gasteiger partial charge is 0.401 e. The molecule has 0 spiro atoms. The monoisotopic (exact) mass is 138 g/mol. The summed E-state index contributed by atoms with van der Waals surface area (Å²) in [6.45, 7) is 2.14. The summed E-state index contributed by atoms with van der Waals surface area (Å²) >= 11 is 0. The van der Waals surface area contributed by atoms with E-state index in [4.69, 9.17) is 11.0 Å². The van der Waals surface area contributed by atoms with Crippen molar-refractivity contribution in [2.75, 3.05) is 0 Å². The summed E-state index contributed by atoms with van der Waals surface area (Å²) in [7, 11) is 0. The predicted molar refractivity (Wildman–Crippen MR) is 42.0 cm³/mol. The summed E-state index contributed by atoms with van der Waals surface area (Å²) in [6, 6.07) is 1.91. The lowest BCUT2D eigenvalue weighted by molar-refractivity contribution is 0.710. The Labute approximate surface area is 62.3 Å². The van der Waals surface area contributed by atoms with Crippen LogP contribution in [0.25, 0.3) is 0 Å². The minimum absolute atomic E-state index is 0.705. The van der Waals surface area contributed by atoms with Crippen molar-refractivity contribution < 1.29 is 0 Å². The van der Waals surface area contributed by atoms with E-state index in [-0.39, 0.29) is 0 Å². The van der Waals surface area contributed by atoms with Gasteiger partial charge in [-0.05, 0) is 12.8 Å². The van der Waals surface area contributed by atoms with Gasteiger partial charge >= 0.3 is 0 Å². The number of nitrogens with zero attached hydrogens (tertiary/aromatic N) is 1. The number of hydrogen-bond donors (Lipinski definition) is 1. The van der Waals surface area contributed by atoms with Crippen molar-refractivity contribution in [3.05, 3.63) is 11.8 Å². The van der Waals surface area contributed by atoms with Gasteiger partial charge in [0.25, 0.3) is 0 Å². The van der Waals surface area contributed by atoms with Crippen LogP contribution in [0.1, 0.15) is 32.6 Å². The molecule has 0 amide bonds. The molecule has 56 valence electrons. The van der Waals surface area contributed by atoms with Gasteiger partial charge < -0.3 is 5.73 Å². The van der Waals surface area contributed by atoms with Crippen LogP contribution in [0, 0.1) is 11.3 Å². The highest BCUT2D eigenvalue weighted by Crippen LogP contribution is 2.02. The molecule has 0 rings (SSSR count). The van der Waals surface area contributed by atoms with Crippen molar-refractivity contribution in [3.63, 3.8) is 0 Å². The van der Waals surface area contributed by atoms with E-state index in [9.17, 15) is 0 Å². The fourth-order valence-electron chi connectivity index (χ4n) is 0.734. The van der Waals surface area contributed by atoms with Crippen molar-refractivity contribution in [2.45, 2.75) is 32.6 Å². The lowest BCUT2D eigenvalue weighted by atomic mass is 10.1. The first-order valence-corrected chi connectivity index (χ1v) is 3.65. The molecule has 0 aromatic rings. The number of unbranched alkanes of at least 4 members (excludes halogenated alkanes) is 2. The summed E-state index contributed by atoms with van der Waals surface area (Å²) < 4.78 is 0. The Morgan fingerprint density at radius 3 is 2.80 bits per heavy atom. The van der Waals surface area contributed by atoms with E-state index in [1.54, 1.807) is 0 Å². The van der Waals surface area contributed by atoms with Crippen LogP contribution in [-0.4, -0.2) is 0 Å². The van der Waals surface area contributed by atoms with Gasteiger partial charge in [0.05, 0.1) is 6.07 Å². The zero-order valence-corrected chi connectivity index (χ0v) is 6.43. The van der Waals surface area contributed by atoms with E-state index >= 15 is 0 Å². The molecule has 2 nitrogen and oxygen atoms in total. The van der Waals surface area contributed by atoms with Gasteiger partial charge in [0.2, 0.25) is 0 Å². The highest BCUT2D eigenvalue weighted by molar-refractivity contribution is 5.09. The van der Waals surface area contributed by atoms with Crippen LogP contribution in [0.15, 0.2) is 11.8 Å². The van der Waals surface area contributed by atoms with Gasteiger partial charge in [-0.1, -0.05) is 19.8 Å². The van der Waals surface area contributed by atoms with Gasteiger partial charge in [-0.3, -0.25) is 0 Å². The first kappa shape index (κ1) is 9.03. The van der Waals surface area contributed by atoms with Crippen LogP contribution < -0.4 is 5.73 Å². The highest BCUT2D eigenvalue weighted by atomic mass is 14.6. The molecule has 0 aliphatic rings. The Morgan fingerprint density at radius 1 is 1.60 bits per heavy atom. The molecule has 0 fully saturated rings. The molecule has 2 heteroatoms. The van der Waals surface area contributed by atoms with Gasteiger partial charge in [0.1, 0.15) is 0 Å². The van der Waals surface area contributed by atoms with E-state index in [2.05, 4.69) is 6.92 Å². The highest BCUT2D eigenvalue weighted by Gasteiger charge is 1.88. The molecule has 0 heterocycles. The number of allylic oxidation sites excluding steroid dienone is 2. The second-order valence-electron chi connectivity index (χ2n) is 2.31. The van der Waals surface area contributed by atoms with E-state index in [1.807, 2.05) is 6.07 Å². The number of nitrogens with two attached hydrogens (primary N) is 1. The molecule has 0 aliphatic heterocycles. The number of nitriles is 1. The first-order chi connectivity index (χ1) is 4.81. The van der Waals surface area contributed by atoms with E-state index < -0.39 is 0 Å². The lowest BCUT2D eigenvalue weighted by Gasteiger charge is -1.96. The van der Waals surface area contributed by atoms with Crippen LogP contribution in [0.2, 0.25) is 0 Å². The maximum absolute atomic E-state index is 8.19. The molecule has 0 unspecified atom stereocenters. The minimum Gasteiger partial charge on any atom is -0.401 e. The third kappa shape index (κ3) is 5.17. The molecule has 0 atom stereocenters. The van der Waals surface area contributed by atoms with Crippen LogP contribution in [0.3, 0.4) is 0 Å². The zero-order valence-electron chi connectivity index (χ0n) is 6.43. The van der Waals surface area contributed by atoms with E-state index in [0.29, 0.717) is 5.70 Å². The summed E-state index contributed by atoms with van der Waals surface area (Å²) in [5, 5.41) is 8.19. The smallest absolute Gasteiger partial charge is 0.0930 e. The Bertz CT molecular complexity index is 142. The molecule has 0 radical (unpaired) electrons. The SMILES string of the molecule is CCCCC/C(N)=C\C#N. The lowest BCUT2D eigenvalue weighted by Crippen LogP contribution is -1.95. The fourth-order valence-corrected chi connectivity index (χ4v) is 0.734. The van der Waals surface area contributed by atoms with Crippen molar-refractivity contribution >= 4 is 0 Å². The summed E-state index contributed by atoms with van der Waals surface area (Å²) in [4.78, 5) is 0. The summed E-state index contributed by atoms with van der Waals surface area (Å²) in [6.07, 6.45) is 5.76. The van der Waals surface area contributed by atoms with Crippen molar-refractivity contribution in [2.24, 2.45) is 5.73 Å². The second kappa shape index (κ2) is 6.15. The Balaban J connectivity index is 3.32. The Hall–Kier alpha value is -0.970. The molecule has 0 aliphatic carbocycles. The van der Waals surface area contributed by atoms with Crippen molar-refractivity contribution in [1.82, 2.24) is 0 Å². The standard InChI is InChI=1S/C8H14N2/c1-2-3-4-5-8(10)6-7-9/h6H,2-5,10H2,1H3/b8-6+. The maximum atomic E-state index is 8.19. The maximum Gasteiger partial charge on any atom is 0.0930 e. The van der Waals surface area contributed by atoms with Crippen molar-refractivity contribution in [1.29, 1.82) is 5.26 Å². The van der Waals surface area contributed by atoms with Gasteiger partial charge in [0, 0.05) is 11.8 Å². The van der Waals surface area contributed by atoms with Gasteiger partial charge in [-0.2, -0.15) is 5.26 Å². The number of rotatable bonds is 4. The average molecular weight is 138 g/mol. The van der Waals surface area contributed by atoms with Crippen LogP contribution in [0.5, 0.6) is 0 Å². The predicted octanol–water partition coefficient (Wildman–Crippen LogP) is 1.93. The van der Waals surface area contributed by atoms with Crippen molar-refractivity contribution in [3.8, 4) is 6.07 Å². The Morgan fingerprint density at radius 2 is 2.30 bits per heavy atom. The van der Waals surface area contributed by atoms with Gasteiger partial charge in [0.15, 0.2) is 0 Å². The van der Waals surface area contributed by atoms with Crippen LogP contribution >= 0.6 is 0 Å². The topological polar surface area (TPSA) is 49.8 Å². The quantitative estimate of drug-likeness (QED) is 0.476. The molecule has 0 bridgehead atoms. The molecule has 0 saturated heterocycles. The minimum atomic E-state index is 0.705. The Kier molecular flexibility index (Phi) is 5.56. The third-order valence-corrected chi connectivity index (χ3v) is 1.32. The molecular formula is C8H14N2. The van der Waals surface area contributed by atoms with Gasteiger partial charge in [-0.25, -0.2) is 0 Å². The molecule has 2 N–H and O–H groups in total. The molecule has 0 saturated carbocycles.